The van der Waals surface area contributed by atoms with Crippen LogP contribution in [0.2, 0.25) is 0 Å². The lowest BCUT2D eigenvalue weighted by Gasteiger charge is -2.19. The zero-order valence-corrected chi connectivity index (χ0v) is 26.4. The molecule has 3 aromatic carbocycles. The number of thioether (sulfide) groups is 1. The van der Waals surface area contributed by atoms with E-state index >= 15 is 0 Å². The molecule has 0 aliphatic heterocycles. The van der Waals surface area contributed by atoms with Gasteiger partial charge < -0.3 is 24.8 Å². The van der Waals surface area contributed by atoms with E-state index in [0.717, 1.165) is 44.3 Å². The summed E-state index contributed by atoms with van der Waals surface area (Å²) in [6.07, 6.45) is 2.05. The van der Waals surface area contributed by atoms with Crippen LogP contribution in [0.4, 0.5) is 5.69 Å². The number of ether oxygens (including phenoxy) is 3. The van der Waals surface area contributed by atoms with E-state index in [-0.39, 0.29) is 29.7 Å². The highest BCUT2D eigenvalue weighted by molar-refractivity contribution is 8.01. The summed E-state index contributed by atoms with van der Waals surface area (Å²) in [5, 5.41) is 6.00. The Morgan fingerprint density at radius 1 is 1.02 bits per heavy atom. The van der Waals surface area contributed by atoms with E-state index < -0.39 is 0 Å². The van der Waals surface area contributed by atoms with Crippen molar-refractivity contribution in [3.05, 3.63) is 71.3 Å². The number of carbonyl (C=O) groups excluding carboxylic acids is 2. The summed E-state index contributed by atoms with van der Waals surface area (Å²) in [5.41, 5.74) is 3.68. The van der Waals surface area contributed by atoms with Gasteiger partial charge in [-0.2, -0.15) is 0 Å². The predicted molar refractivity (Wildman–Crippen MR) is 171 cm³/mol. The lowest BCUT2D eigenvalue weighted by Crippen LogP contribution is -2.28. The number of aromatic nitrogens is 1. The van der Waals surface area contributed by atoms with E-state index in [4.69, 9.17) is 14.2 Å². The number of hydrogen-bond donors (Lipinski definition) is 2. The van der Waals surface area contributed by atoms with Crippen molar-refractivity contribution in [3.63, 3.8) is 0 Å². The van der Waals surface area contributed by atoms with Crippen molar-refractivity contribution >= 4 is 50.8 Å². The molecule has 0 aliphatic carbocycles. The van der Waals surface area contributed by atoms with Crippen molar-refractivity contribution in [1.82, 2.24) is 10.3 Å². The molecule has 8 nitrogen and oxygen atoms in total. The fraction of sp³-hybridized carbons (Fsp3) is 0.344. The quantitative estimate of drug-likeness (QED) is 0.153. The van der Waals surface area contributed by atoms with Gasteiger partial charge >= 0.3 is 0 Å². The molecule has 0 aliphatic rings. The second-order valence-electron chi connectivity index (χ2n) is 9.95. The molecule has 0 bridgehead atoms. The first-order chi connectivity index (χ1) is 20.2. The summed E-state index contributed by atoms with van der Waals surface area (Å²) in [6, 6.07) is 16.6. The van der Waals surface area contributed by atoms with E-state index in [0.29, 0.717) is 22.7 Å². The Morgan fingerprint density at radius 2 is 1.79 bits per heavy atom. The van der Waals surface area contributed by atoms with Gasteiger partial charge in [-0.05, 0) is 75.2 Å². The molecule has 0 saturated heterocycles. The Labute approximate surface area is 255 Å². The fourth-order valence-corrected chi connectivity index (χ4v) is 6.47. The van der Waals surface area contributed by atoms with Crippen LogP contribution in [0.25, 0.3) is 10.2 Å². The molecule has 0 saturated carbocycles. The minimum absolute atomic E-state index is 0.0731. The third-order valence-corrected chi connectivity index (χ3v) is 8.94. The van der Waals surface area contributed by atoms with Gasteiger partial charge in [0.15, 0.2) is 4.34 Å². The number of nitrogens with zero attached hydrogens (tertiary/aromatic N) is 1. The molecule has 4 aromatic rings. The Bertz CT molecular complexity index is 1540. The van der Waals surface area contributed by atoms with Crippen molar-refractivity contribution < 1.29 is 23.8 Å². The minimum Gasteiger partial charge on any atom is -0.497 e. The van der Waals surface area contributed by atoms with Crippen molar-refractivity contribution in [2.45, 2.75) is 57.0 Å². The van der Waals surface area contributed by atoms with Crippen molar-refractivity contribution in [3.8, 4) is 17.2 Å². The van der Waals surface area contributed by atoms with Crippen LogP contribution in [0.5, 0.6) is 17.2 Å². The van der Waals surface area contributed by atoms with Crippen molar-refractivity contribution in [1.29, 1.82) is 0 Å². The number of amides is 2. The SMILES string of the molecule is CCCC(C)Oc1ccc(C(=O)Nc2ccc3nc(SCC(=O)N[C@@H](C)c4ccc(OC)cc4)sc3c2)c(OC)c1C. The first-order valence-electron chi connectivity index (χ1n) is 13.8. The average Bonchev–Trinajstić information content (AvgIpc) is 3.39. The van der Waals surface area contributed by atoms with Gasteiger partial charge in [-0.15, -0.1) is 11.3 Å². The van der Waals surface area contributed by atoms with Crippen molar-refractivity contribution in [2.24, 2.45) is 0 Å². The molecule has 1 heterocycles. The largest absolute Gasteiger partial charge is 0.497 e. The summed E-state index contributed by atoms with van der Waals surface area (Å²) in [5.74, 6) is 1.88. The van der Waals surface area contributed by atoms with E-state index in [1.165, 1.54) is 23.1 Å². The van der Waals surface area contributed by atoms with Gasteiger partial charge in [0.05, 0.1) is 47.9 Å². The second-order valence-corrected chi connectivity index (χ2v) is 12.2. The third kappa shape index (κ3) is 7.74. The number of benzene rings is 3. The van der Waals surface area contributed by atoms with Crippen LogP contribution < -0.4 is 24.8 Å². The van der Waals surface area contributed by atoms with Gasteiger partial charge in [-0.3, -0.25) is 9.59 Å². The Balaban J connectivity index is 1.38. The number of hydrogen-bond acceptors (Lipinski definition) is 8. The number of methoxy groups -OCH3 is 2. The standard InChI is InChI=1S/C32H37N3O5S2/c1-7-8-19(2)40-27-16-14-25(30(39-6)20(27)3)31(37)34-23-11-15-26-28(17-23)42-32(35-26)41-18-29(36)33-21(4)22-9-12-24(38-5)13-10-22/h9-17,19,21H,7-8,18H2,1-6H3,(H,33,36)(H,34,37)/t19?,21-/m0/s1. The van der Waals surface area contributed by atoms with Gasteiger partial charge in [0, 0.05) is 11.3 Å². The summed E-state index contributed by atoms with van der Waals surface area (Å²) >= 11 is 2.87. The molecular weight excluding hydrogens is 571 g/mol. The molecule has 2 amide bonds. The lowest BCUT2D eigenvalue weighted by atomic mass is 10.1. The molecule has 42 heavy (non-hydrogen) atoms. The smallest absolute Gasteiger partial charge is 0.259 e. The molecule has 1 unspecified atom stereocenters. The molecule has 4 rings (SSSR count). The van der Waals surface area contributed by atoms with Crippen LogP contribution in [0.15, 0.2) is 58.9 Å². The van der Waals surface area contributed by atoms with E-state index in [9.17, 15) is 9.59 Å². The number of thiazole rings is 1. The van der Waals surface area contributed by atoms with Crippen LogP contribution in [-0.4, -0.2) is 42.9 Å². The molecule has 0 fully saturated rings. The lowest BCUT2D eigenvalue weighted by molar-refractivity contribution is -0.119. The van der Waals surface area contributed by atoms with Crippen LogP contribution in [-0.2, 0) is 4.79 Å². The summed E-state index contributed by atoms with van der Waals surface area (Å²) in [4.78, 5) is 30.5. The highest BCUT2D eigenvalue weighted by Crippen LogP contribution is 2.34. The third-order valence-electron chi connectivity index (χ3n) is 6.78. The van der Waals surface area contributed by atoms with Crippen LogP contribution in [0.3, 0.4) is 0 Å². The van der Waals surface area contributed by atoms with E-state index in [2.05, 4.69) is 22.5 Å². The van der Waals surface area contributed by atoms with Gasteiger partial charge in [-0.25, -0.2) is 4.98 Å². The molecule has 0 radical (unpaired) electrons. The maximum atomic E-state index is 13.2. The van der Waals surface area contributed by atoms with Crippen LogP contribution in [0, 0.1) is 6.92 Å². The summed E-state index contributed by atoms with van der Waals surface area (Å²) in [7, 11) is 3.18. The van der Waals surface area contributed by atoms with Gasteiger partial charge in [-0.1, -0.05) is 37.2 Å². The Morgan fingerprint density at radius 3 is 2.48 bits per heavy atom. The monoisotopic (exact) mass is 607 g/mol. The van der Waals surface area contributed by atoms with Crippen LogP contribution >= 0.6 is 23.1 Å². The molecular formula is C32H37N3O5S2. The molecule has 0 spiro atoms. The zero-order valence-electron chi connectivity index (χ0n) is 24.8. The maximum Gasteiger partial charge on any atom is 0.259 e. The van der Waals surface area contributed by atoms with Gasteiger partial charge in [0.25, 0.3) is 5.91 Å². The van der Waals surface area contributed by atoms with E-state index in [1.54, 1.807) is 20.3 Å². The topological polar surface area (TPSA) is 98.8 Å². The number of fused-ring (bicyclic) bond motifs is 1. The molecule has 10 heteroatoms. The van der Waals surface area contributed by atoms with Crippen LogP contribution in [0.1, 0.15) is 61.1 Å². The summed E-state index contributed by atoms with van der Waals surface area (Å²) < 4.78 is 18.6. The molecule has 222 valence electrons. The normalized spacial score (nSPS) is 12.4. The molecule has 1 aromatic heterocycles. The number of anilines is 1. The Hall–Kier alpha value is -3.76. The van der Waals surface area contributed by atoms with E-state index in [1.807, 2.05) is 69.3 Å². The highest BCUT2D eigenvalue weighted by Gasteiger charge is 2.19. The molecule has 2 N–H and O–H groups in total. The average molecular weight is 608 g/mol. The predicted octanol–water partition coefficient (Wildman–Crippen LogP) is 7.41. The maximum absolute atomic E-state index is 13.2. The minimum atomic E-state index is -0.274. The fourth-order valence-electron chi connectivity index (χ4n) is 4.55. The zero-order chi connectivity index (χ0) is 30.2. The van der Waals surface area contributed by atoms with Gasteiger partial charge in [0.1, 0.15) is 17.2 Å². The highest BCUT2D eigenvalue weighted by atomic mass is 32.2. The molecule has 2 atom stereocenters. The first-order valence-corrected chi connectivity index (χ1v) is 15.6. The first kappa shape index (κ1) is 31.2. The number of carbonyl (C=O) groups is 2. The number of rotatable bonds is 13. The number of nitrogens with one attached hydrogen (secondary N) is 2. The van der Waals surface area contributed by atoms with Crippen molar-refractivity contribution in [2.75, 3.05) is 25.3 Å². The Kier molecular flexibility index (Phi) is 10.7. The second kappa shape index (κ2) is 14.4. The summed E-state index contributed by atoms with van der Waals surface area (Å²) in [6.45, 7) is 8.00. The van der Waals surface area contributed by atoms with Gasteiger partial charge in [0.2, 0.25) is 5.91 Å².